The van der Waals surface area contributed by atoms with Crippen LogP contribution in [0.2, 0.25) is 0 Å². The Balaban J connectivity index is 1.65. The first-order valence-electron chi connectivity index (χ1n) is 8.57. The summed E-state index contributed by atoms with van der Waals surface area (Å²) in [5.41, 5.74) is 0.892. The molecule has 0 N–H and O–H groups in total. The maximum atomic E-state index is 12.6. The largest absolute Gasteiger partial charge is 0.461 e. The molecule has 3 fully saturated rings. The zero-order valence-electron chi connectivity index (χ0n) is 14.6. The Morgan fingerprint density at radius 1 is 1.38 bits per heavy atom. The van der Waals surface area contributed by atoms with E-state index >= 15 is 0 Å². The highest BCUT2D eigenvalue weighted by Gasteiger charge is 2.76. The summed E-state index contributed by atoms with van der Waals surface area (Å²) in [5.74, 6) is -0.577. The predicted octanol–water partition coefficient (Wildman–Crippen LogP) is 2.92. The molecule has 1 saturated carbocycles. The molecule has 6 atom stereocenters. The second-order valence-corrected chi connectivity index (χ2v) is 10.0. The molecule has 2 heterocycles. The number of epoxide rings is 1. The summed E-state index contributed by atoms with van der Waals surface area (Å²) in [6, 6.07) is 0. The van der Waals surface area contributed by atoms with Crippen LogP contribution in [-0.4, -0.2) is 43.7 Å². The van der Waals surface area contributed by atoms with Gasteiger partial charge in [-0.2, -0.15) is 0 Å². The average Bonchev–Trinajstić information content (AvgIpc) is 2.87. The molecule has 0 aromatic carbocycles. The SMILES string of the molecule is COP(=O)(C[C@@H]1C(=O)O[C@H]2[C@H]1CC[C@]1(C)O[C@@]13CC=C(C)[C@H]23)OC. The smallest absolute Gasteiger partial charge is 0.331 e. The molecular weight excluding hydrogens is 331 g/mol. The van der Waals surface area contributed by atoms with Gasteiger partial charge in [-0.25, -0.2) is 0 Å². The first-order chi connectivity index (χ1) is 11.3. The normalized spacial score (nSPS) is 46.5. The Morgan fingerprint density at radius 2 is 2.08 bits per heavy atom. The van der Waals surface area contributed by atoms with E-state index in [4.69, 9.17) is 18.5 Å². The minimum absolute atomic E-state index is 0.0349. The summed E-state index contributed by atoms with van der Waals surface area (Å²) in [4.78, 5) is 12.5. The molecule has 0 amide bonds. The van der Waals surface area contributed by atoms with E-state index < -0.39 is 13.5 Å². The molecular formula is C17H25O6P. The van der Waals surface area contributed by atoms with Crippen LogP contribution in [0.4, 0.5) is 0 Å². The molecule has 2 aliphatic carbocycles. The minimum Gasteiger partial charge on any atom is -0.461 e. The number of esters is 1. The first-order valence-corrected chi connectivity index (χ1v) is 10.3. The average molecular weight is 356 g/mol. The van der Waals surface area contributed by atoms with Crippen LogP contribution in [0, 0.1) is 17.8 Å². The fourth-order valence-electron chi connectivity index (χ4n) is 5.26. The molecule has 1 spiro atoms. The van der Waals surface area contributed by atoms with E-state index in [1.54, 1.807) is 0 Å². The molecule has 4 aliphatic rings. The van der Waals surface area contributed by atoms with Gasteiger partial charge in [0.2, 0.25) is 0 Å². The summed E-state index contributed by atoms with van der Waals surface area (Å²) in [5, 5.41) is 0. The molecule has 0 bridgehead atoms. The maximum Gasteiger partial charge on any atom is 0.331 e. The van der Waals surface area contributed by atoms with E-state index in [9.17, 15) is 9.36 Å². The number of ether oxygens (including phenoxy) is 2. The molecule has 2 saturated heterocycles. The predicted molar refractivity (Wildman–Crippen MR) is 86.7 cm³/mol. The van der Waals surface area contributed by atoms with Crippen molar-refractivity contribution in [2.75, 3.05) is 20.4 Å². The maximum absolute atomic E-state index is 12.6. The van der Waals surface area contributed by atoms with E-state index in [0.29, 0.717) is 0 Å². The Bertz CT molecular complexity index is 651. The molecule has 0 unspecified atom stereocenters. The van der Waals surface area contributed by atoms with Crippen molar-refractivity contribution in [1.82, 2.24) is 0 Å². The Kier molecular flexibility index (Phi) is 3.61. The summed E-state index contributed by atoms with van der Waals surface area (Å²) in [6.07, 6.45) is 4.71. The third kappa shape index (κ3) is 2.06. The standard InChI is InChI=1S/C17H25O6P/c1-10-5-8-17-13(10)14-11(6-7-16(17,2)23-17)12(15(18)22-14)9-24(19,20-3)21-4/h5,11-14H,6-9H2,1-4H3/t11-,12-,13+,14-,16-,17+/m0/s1. The lowest BCUT2D eigenvalue weighted by Gasteiger charge is -2.28. The summed E-state index contributed by atoms with van der Waals surface area (Å²) in [6.45, 7) is 4.26. The summed E-state index contributed by atoms with van der Waals surface area (Å²) in [7, 11) is -0.539. The summed E-state index contributed by atoms with van der Waals surface area (Å²) >= 11 is 0. The van der Waals surface area contributed by atoms with E-state index in [1.807, 2.05) is 0 Å². The molecule has 0 aromatic rings. The second-order valence-electron chi connectivity index (χ2n) is 7.72. The van der Waals surface area contributed by atoms with Crippen LogP contribution in [0.3, 0.4) is 0 Å². The van der Waals surface area contributed by atoms with Crippen molar-refractivity contribution in [3.05, 3.63) is 11.6 Å². The number of fused-ring (bicyclic) bond motifs is 2. The van der Waals surface area contributed by atoms with Crippen molar-refractivity contribution in [1.29, 1.82) is 0 Å². The van der Waals surface area contributed by atoms with Gasteiger partial charge >= 0.3 is 13.6 Å². The van der Waals surface area contributed by atoms with Crippen molar-refractivity contribution in [3.63, 3.8) is 0 Å². The van der Waals surface area contributed by atoms with Crippen LogP contribution in [0.15, 0.2) is 11.6 Å². The van der Waals surface area contributed by atoms with Crippen LogP contribution in [0.25, 0.3) is 0 Å². The molecule has 0 aromatic heterocycles. The zero-order chi connectivity index (χ0) is 17.3. The van der Waals surface area contributed by atoms with Gasteiger partial charge in [0.1, 0.15) is 11.7 Å². The Hall–Kier alpha value is -0.680. The van der Waals surface area contributed by atoms with Gasteiger partial charge in [-0.05, 0) is 33.1 Å². The van der Waals surface area contributed by atoms with Gasteiger partial charge in [0.15, 0.2) is 0 Å². The third-order valence-electron chi connectivity index (χ3n) is 6.73. The van der Waals surface area contributed by atoms with Gasteiger partial charge in [0.05, 0.1) is 17.7 Å². The van der Waals surface area contributed by atoms with Crippen LogP contribution in [0.1, 0.15) is 33.1 Å². The molecule has 24 heavy (non-hydrogen) atoms. The fourth-order valence-corrected chi connectivity index (χ4v) is 6.61. The van der Waals surface area contributed by atoms with Gasteiger partial charge in [0.25, 0.3) is 0 Å². The second kappa shape index (κ2) is 5.16. The Morgan fingerprint density at radius 3 is 2.75 bits per heavy atom. The lowest BCUT2D eigenvalue weighted by Crippen LogP contribution is -2.37. The fraction of sp³-hybridized carbons (Fsp3) is 0.824. The number of hydrogen-bond donors (Lipinski definition) is 0. The molecule has 4 rings (SSSR count). The van der Waals surface area contributed by atoms with Crippen LogP contribution in [0.5, 0.6) is 0 Å². The number of rotatable bonds is 4. The highest BCUT2D eigenvalue weighted by molar-refractivity contribution is 7.53. The van der Waals surface area contributed by atoms with Gasteiger partial charge in [0, 0.05) is 26.1 Å². The van der Waals surface area contributed by atoms with E-state index in [0.717, 1.165) is 19.3 Å². The van der Waals surface area contributed by atoms with Crippen molar-refractivity contribution in [2.24, 2.45) is 17.8 Å². The van der Waals surface area contributed by atoms with E-state index in [2.05, 4.69) is 19.9 Å². The lowest BCUT2D eigenvalue weighted by molar-refractivity contribution is -0.145. The van der Waals surface area contributed by atoms with Crippen LogP contribution >= 0.6 is 7.60 Å². The van der Waals surface area contributed by atoms with Gasteiger partial charge in [-0.3, -0.25) is 9.36 Å². The lowest BCUT2D eigenvalue weighted by atomic mass is 9.77. The van der Waals surface area contributed by atoms with Crippen LogP contribution in [-0.2, 0) is 27.9 Å². The van der Waals surface area contributed by atoms with Crippen LogP contribution < -0.4 is 0 Å². The zero-order valence-corrected chi connectivity index (χ0v) is 15.5. The van der Waals surface area contributed by atoms with Crippen molar-refractivity contribution >= 4 is 13.6 Å². The molecule has 7 heteroatoms. The number of carbonyl (C=O) groups is 1. The monoisotopic (exact) mass is 356 g/mol. The highest BCUT2D eigenvalue weighted by atomic mass is 31.2. The first kappa shape index (κ1) is 16.8. The topological polar surface area (TPSA) is 74.4 Å². The van der Waals surface area contributed by atoms with E-state index in [1.165, 1.54) is 19.8 Å². The molecule has 134 valence electrons. The highest BCUT2D eigenvalue weighted by Crippen LogP contribution is 2.67. The number of carbonyl (C=O) groups excluding carboxylic acids is 1. The van der Waals surface area contributed by atoms with Crippen molar-refractivity contribution in [3.8, 4) is 0 Å². The Labute approximate surface area is 142 Å². The van der Waals surface area contributed by atoms with Gasteiger partial charge < -0.3 is 18.5 Å². The van der Waals surface area contributed by atoms with E-state index in [-0.39, 0.29) is 41.3 Å². The quantitative estimate of drug-likeness (QED) is 0.334. The van der Waals surface area contributed by atoms with Gasteiger partial charge in [-0.15, -0.1) is 0 Å². The molecule has 0 radical (unpaired) electrons. The molecule has 6 nitrogen and oxygen atoms in total. The molecule has 2 aliphatic heterocycles. The number of hydrogen-bond acceptors (Lipinski definition) is 6. The summed E-state index contributed by atoms with van der Waals surface area (Å²) < 4.78 is 34.7. The minimum atomic E-state index is -3.26. The third-order valence-corrected chi connectivity index (χ3v) is 8.69. The van der Waals surface area contributed by atoms with Crippen molar-refractivity contribution < 1.29 is 27.9 Å². The van der Waals surface area contributed by atoms with Crippen molar-refractivity contribution in [2.45, 2.75) is 50.4 Å². The van der Waals surface area contributed by atoms with Gasteiger partial charge in [-0.1, -0.05) is 11.6 Å².